The predicted octanol–water partition coefficient (Wildman–Crippen LogP) is 1.96. The number of rotatable bonds is 10. The Morgan fingerprint density at radius 3 is 2.32 bits per heavy atom. The van der Waals surface area contributed by atoms with Gasteiger partial charge in [-0.05, 0) is 48.5 Å². The maximum absolute atomic E-state index is 13.0. The van der Waals surface area contributed by atoms with Crippen molar-refractivity contribution in [1.82, 2.24) is 9.78 Å². The van der Waals surface area contributed by atoms with Gasteiger partial charge in [-0.3, -0.25) is 14.3 Å². The van der Waals surface area contributed by atoms with Crippen LogP contribution >= 0.6 is 0 Å². The van der Waals surface area contributed by atoms with Crippen molar-refractivity contribution in [2.45, 2.75) is 11.4 Å². The average molecular weight is 489 g/mol. The van der Waals surface area contributed by atoms with E-state index in [2.05, 4.69) is 15.1 Å². The third-order valence-electron chi connectivity index (χ3n) is 4.66. The van der Waals surface area contributed by atoms with Crippen LogP contribution in [-0.2, 0) is 21.3 Å². The highest BCUT2D eigenvalue weighted by molar-refractivity contribution is 7.92. The van der Waals surface area contributed by atoms with Gasteiger partial charge in [0.25, 0.3) is 21.5 Å². The first-order valence-electron chi connectivity index (χ1n) is 10.0. The second-order valence-corrected chi connectivity index (χ2v) is 8.58. The van der Waals surface area contributed by atoms with Gasteiger partial charge in [-0.1, -0.05) is 0 Å². The normalized spacial score (nSPS) is 11.0. The maximum atomic E-state index is 13.0. The van der Waals surface area contributed by atoms with Crippen LogP contribution in [0, 0.1) is 0 Å². The first-order chi connectivity index (χ1) is 16.3. The molecule has 2 N–H and O–H groups in total. The molecule has 0 saturated heterocycles. The van der Waals surface area contributed by atoms with Crippen LogP contribution in [0.25, 0.3) is 0 Å². The largest absolute Gasteiger partial charge is 0.497 e. The number of nitrogens with zero attached hydrogens (tertiary/aromatic N) is 2. The highest BCUT2D eigenvalue weighted by Gasteiger charge is 2.21. The highest BCUT2D eigenvalue weighted by atomic mass is 32.2. The van der Waals surface area contributed by atoms with Crippen molar-refractivity contribution in [2.75, 3.05) is 38.0 Å². The quantitative estimate of drug-likeness (QED) is 0.442. The van der Waals surface area contributed by atoms with E-state index in [1.54, 1.807) is 24.3 Å². The molecular formula is C22H24N4O7S. The Hall–Kier alpha value is -3.90. The van der Waals surface area contributed by atoms with E-state index < -0.39 is 15.9 Å². The lowest BCUT2D eigenvalue weighted by Gasteiger charge is -2.14. The van der Waals surface area contributed by atoms with Crippen molar-refractivity contribution >= 4 is 27.3 Å². The first-order valence-corrected chi connectivity index (χ1v) is 11.5. The van der Waals surface area contributed by atoms with E-state index in [0.29, 0.717) is 11.4 Å². The topological polar surface area (TPSA) is 138 Å². The summed E-state index contributed by atoms with van der Waals surface area (Å²) in [5.41, 5.74) is 0.112. The highest BCUT2D eigenvalue weighted by Crippen LogP contribution is 2.29. The SMILES string of the molecule is COCCn1nc(C(=O)Nc2ccc(OC)c(S(=O)(=O)Nc3ccc(OC)cc3)c2)ccc1=O. The average Bonchev–Trinajstić information content (AvgIpc) is 2.83. The summed E-state index contributed by atoms with van der Waals surface area (Å²) in [6, 6.07) is 13.0. The van der Waals surface area contributed by atoms with Gasteiger partial charge in [0.05, 0.1) is 27.4 Å². The number of hydrogen-bond donors (Lipinski definition) is 2. The molecule has 0 unspecified atom stereocenters. The van der Waals surface area contributed by atoms with Crippen molar-refractivity contribution in [3.05, 3.63) is 70.6 Å². The van der Waals surface area contributed by atoms with Gasteiger partial charge in [0.1, 0.15) is 22.1 Å². The van der Waals surface area contributed by atoms with Crippen molar-refractivity contribution in [3.63, 3.8) is 0 Å². The lowest BCUT2D eigenvalue weighted by Crippen LogP contribution is -2.27. The number of nitrogens with one attached hydrogen (secondary N) is 2. The molecule has 34 heavy (non-hydrogen) atoms. The van der Waals surface area contributed by atoms with Gasteiger partial charge in [-0.25, -0.2) is 13.1 Å². The fraction of sp³-hybridized carbons (Fsp3) is 0.227. The molecule has 1 heterocycles. The van der Waals surface area contributed by atoms with E-state index in [4.69, 9.17) is 14.2 Å². The molecule has 0 fully saturated rings. The summed E-state index contributed by atoms with van der Waals surface area (Å²) in [4.78, 5) is 24.4. The molecule has 12 heteroatoms. The van der Waals surface area contributed by atoms with Gasteiger partial charge in [0.2, 0.25) is 0 Å². The Bertz CT molecular complexity index is 1320. The van der Waals surface area contributed by atoms with Gasteiger partial charge in [-0.15, -0.1) is 0 Å². The van der Waals surface area contributed by atoms with Crippen molar-refractivity contribution in [1.29, 1.82) is 0 Å². The molecule has 0 aliphatic rings. The second-order valence-electron chi connectivity index (χ2n) is 6.93. The second kappa shape index (κ2) is 10.8. The van der Waals surface area contributed by atoms with Crippen LogP contribution in [0.2, 0.25) is 0 Å². The van der Waals surface area contributed by atoms with Crippen LogP contribution in [0.1, 0.15) is 10.5 Å². The number of amides is 1. The van der Waals surface area contributed by atoms with Crippen LogP contribution in [-0.4, -0.2) is 52.0 Å². The lowest BCUT2D eigenvalue weighted by molar-refractivity contribution is 0.101. The van der Waals surface area contributed by atoms with Crippen LogP contribution in [0.15, 0.2) is 64.3 Å². The molecule has 11 nitrogen and oxygen atoms in total. The minimum Gasteiger partial charge on any atom is -0.497 e. The zero-order valence-corrected chi connectivity index (χ0v) is 19.6. The van der Waals surface area contributed by atoms with Gasteiger partial charge in [-0.2, -0.15) is 5.10 Å². The molecule has 0 radical (unpaired) electrons. The molecule has 0 saturated carbocycles. The molecule has 1 amide bonds. The fourth-order valence-corrected chi connectivity index (χ4v) is 4.19. The predicted molar refractivity (Wildman–Crippen MR) is 125 cm³/mol. The summed E-state index contributed by atoms with van der Waals surface area (Å²) in [5, 5.41) is 6.62. The van der Waals surface area contributed by atoms with E-state index >= 15 is 0 Å². The van der Waals surface area contributed by atoms with E-state index in [0.717, 1.165) is 4.68 Å². The van der Waals surface area contributed by atoms with Crippen LogP contribution in [0.4, 0.5) is 11.4 Å². The van der Waals surface area contributed by atoms with E-state index in [1.165, 1.54) is 51.7 Å². The molecule has 0 aliphatic carbocycles. The molecule has 0 spiro atoms. The van der Waals surface area contributed by atoms with E-state index in [9.17, 15) is 18.0 Å². The van der Waals surface area contributed by atoms with Gasteiger partial charge >= 0.3 is 0 Å². The van der Waals surface area contributed by atoms with Gasteiger partial charge < -0.3 is 19.5 Å². The Kier molecular flexibility index (Phi) is 7.87. The minimum atomic E-state index is -4.06. The van der Waals surface area contributed by atoms with E-state index in [-0.39, 0.29) is 40.7 Å². The number of hydrogen-bond acceptors (Lipinski definition) is 8. The summed E-state index contributed by atoms with van der Waals surface area (Å²) in [6.07, 6.45) is 0. The summed E-state index contributed by atoms with van der Waals surface area (Å²) in [7, 11) is 0.271. The standard InChI is InChI=1S/C22H24N4O7S/c1-31-13-12-26-21(27)11-9-18(24-26)22(28)23-16-6-10-19(33-3)20(14-16)34(29,30)25-15-4-7-17(32-2)8-5-15/h4-11,14,25H,12-13H2,1-3H3,(H,23,28). The molecule has 0 atom stereocenters. The molecule has 180 valence electrons. The van der Waals surface area contributed by atoms with Crippen molar-refractivity contribution in [3.8, 4) is 11.5 Å². The Balaban J connectivity index is 1.85. The molecule has 3 rings (SSSR count). The first kappa shape index (κ1) is 24.7. The van der Waals surface area contributed by atoms with Crippen molar-refractivity contribution in [2.24, 2.45) is 0 Å². The Labute approximate surface area is 196 Å². The Morgan fingerprint density at radius 2 is 1.68 bits per heavy atom. The summed E-state index contributed by atoms with van der Waals surface area (Å²) in [6.45, 7) is 0.428. The third kappa shape index (κ3) is 5.91. The third-order valence-corrected chi connectivity index (χ3v) is 6.06. The number of carbonyl (C=O) groups excluding carboxylic acids is 1. The minimum absolute atomic E-state index is 0.0210. The van der Waals surface area contributed by atoms with Crippen molar-refractivity contribution < 1.29 is 27.4 Å². The molecule has 1 aromatic heterocycles. The summed E-state index contributed by atoms with van der Waals surface area (Å²) < 4.78 is 44.9. The fourth-order valence-electron chi connectivity index (χ4n) is 2.94. The number of sulfonamides is 1. The number of methoxy groups -OCH3 is 3. The van der Waals surface area contributed by atoms with Crippen LogP contribution in [0.3, 0.4) is 0 Å². The number of aromatic nitrogens is 2. The summed E-state index contributed by atoms with van der Waals surface area (Å²) in [5.74, 6) is 0.0421. The van der Waals surface area contributed by atoms with Gasteiger partial charge in [0.15, 0.2) is 0 Å². The number of carbonyl (C=O) groups is 1. The molecule has 0 aliphatic heterocycles. The van der Waals surface area contributed by atoms with Gasteiger partial charge in [0, 0.05) is 24.6 Å². The smallest absolute Gasteiger partial charge is 0.276 e. The zero-order valence-electron chi connectivity index (χ0n) is 18.8. The Morgan fingerprint density at radius 1 is 0.971 bits per heavy atom. The lowest BCUT2D eigenvalue weighted by atomic mass is 10.3. The van der Waals surface area contributed by atoms with Crippen LogP contribution in [0.5, 0.6) is 11.5 Å². The number of benzene rings is 2. The van der Waals surface area contributed by atoms with Crippen LogP contribution < -0.4 is 25.1 Å². The van der Waals surface area contributed by atoms with E-state index in [1.807, 2.05) is 0 Å². The summed E-state index contributed by atoms with van der Waals surface area (Å²) >= 11 is 0. The molecule has 3 aromatic rings. The number of ether oxygens (including phenoxy) is 3. The zero-order chi connectivity index (χ0) is 24.7. The molecular weight excluding hydrogens is 464 g/mol. The monoisotopic (exact) mass is 488 g/mol. The molecule has 0 bridgehead atoms. The molecule has 2 aromatic carbocycles. The number of anilines is 2. The maximum Gasteiger partial charge on any atom is 0.276 e.